The lowest BCUT2D eigenvalue weighted by Gasteiger charge is -2.29. The molecule has 1 aromatic heterocycles. The third-order valence-corrected chi connectivity index (χ3v) is 4.26. The highest BCUT2D eigenvalue weighted by Gasteiger charge is 2.38. The number of hydrogen-bond donors (Lipinski definition) is 1. The molecule has 1 saturated heterocycles. The highest BCUT2D eigenvalue weighted by atomic mass is 79.9. The molecule has 3 rings (SSSR count). The molecule has 108 valence electrons. The number of aryl methyl sites for hydroxylation is 1. The molecule has 21 heavy (non-hydrogen) atoms. The van der Waals surface area contributed by atoms with Gasteiger partial charge in [0.05, 0.1) is 12.1 Å². The first-order chi connectivity index (χ1) is 10.0. The SMILES string of the molecule is Cn1cc(C2CC(=O)NC(=O)C2c2ccc(Br)cc2)cn1. The monoisotopic (exact) mass is 347 g/mol. The molecule has 2 heterocycles. The first kappa shape index (κ1) is 14.0. The van der Waals surface area contributed by atoms with Crippen molar-refractivity contribution in [2.75, 3.05) is 0 Å². The van der Waals surface area contributed by atoms with Crippen LogP contribution in [0.5, 0.6) is 0 Å². The van der Waals surface area contributed by atoms with Crippen LogP contribution in [0, 0.1) is 0 Å². The molecule has 5 nitrogen and oxygen atoms in total. The summed E-state index contributed by atoms with van der Waals surface area (Å²) < 4.78 is 2.64. The van der Waals surface area contributed by atoms with E-state index in [2.05, 4.69) is 26.3 Å². The molecule has 2 atom stereocenters. The van der Waals surface area contributed by atoms with Gasteiger partial charge in [0.1, 0.15) is 0 Å². The number of amides is 2. The number of nitrogens with one attached hydrogen (secondary N) is 1. The van der Waals surface area contributed by atoms with Gasteiger partial charge in [0.2, 0.25) is 11.8 Å². The molecule has 1 fully saturated rings. The molecule has 1 aromatic carbocycles. The Morgan fingerprint density at radius 2 is 1.95 bits per heavy atom. The number of aromatic nitrogens is 2. The van der Waals surface area contributed by atoms with Crippen molar-refractivity contribution in [2.24, 2.45) is 7.05 Å². The van der Waals surface area contributed by atoms with Gasteiger partial charge in [-0.25, -0.2) is 0 Å². The van der Waals surface area contributed by atoms with E-state index in [1.807, 2.05) is 37.5 Å². The summed E-state index contributed by atoms with van der Waals surface area (Å²) in [5, 5.41) is 6.58. The lowest BCUT2D eigenvalue weighted by Crippen LogP contribution is -2.43. The molecule has 6 heteroatoms. The second-order valence-electron chi connectivity index (χ2n) is 5.20. The molecular formula is C15H14BrN3O2. The number of carbonyl (C=O) groups is 2. The Labute approximate surface area is 130 Å². The average molecular weight is 348 g/mol. The fraction of sp³-hybridized carbons (Fsp3) is 0.267. The van der Waals surface area contributed by atoms with Gasteiger partial charge in [0, 0.05) is 30.1 Å². The zero-order chi connectivity index (χ0) is 15.0. The normalized spacial score (nSPS) is 22.2. The van der Waals surface area contributed by atoms with Gasteiger partial charge >= 0.3 is 0 Å². The van der Waals surface area contributed by atoms with Gasteiger partial charge in [-0.15, -0.1) is 0 Å². The summed E-state index contributed by atoms with van der Waals surface area (Å²) in [5.74, 6) is -1.04. The van der Waals surface area contributed by atoms with Crippen molar-refractivity contribution >= 4 is 27.7 Å². The smallest absolute Gasteiger partial charge is 0.234 e. The topological polar surface area (TPSA) is 64.0 Å². The molecule has 2 aromatic rings. The molecule has 0 spiro atoms. The van der Waals surface area contributed by atoms with Crippen LogP contribution in [0.1, 0.15) is 29.4 Å². The van der Waals surface area contributed by atoms with E-state index in [9.17, 15) is 9.59 Å². The van der Waals surface area contributed by atoms with Gasteiger partial charge in [-0.3, -0.25) is 19.6 Å². The largest absolute Gasteiger partial charge is 0.296 e. The van der Waals surface area contributed by atoms with Crippen LogP contribution in [0.3, 0.4) is 0 Å². The maximum atomic E-state index is 12.3. The first-order valence-corrected chi connectivity index (χ1v) is 7.41. The number of rotatable bonds is 2. The third kappa shape index (κ3) is 2.76. The number of hydrogen-bond acceptors (Lipinski definition) is 3. The molecule has 2 unspecified atom stereocenters. The van der Waals surface area contributed by atoms with Crippen molar-refractivity contribution in [3.05, 3.63) is 52.3 Å². The minimum absolute atomic E-state index is 0.180. The molecule has 0 radical (unpaired) electrons. The lowest BCUT2D eigenvalue weighted by atomic mass is 9.77. The van der Waals surface area contributed by atoms with Gasteiger partial charge in [-0.2, -0.15) is 5.10 Å². The highest BCUT2D eigenvalue weighted by molar-refractivity contribution is 9.10. The van der Waals surface area contributed by atoms with Gasteiger partial charge < -0.3 is 0 Å². The summed E-state index contributed by atoms with van der Waals surface area (Å²) in [6, 6.07) is 7.62. The van der Waals surface area contributed by atoms with Crippen LogP contribution in [0.25, 0.3) is 0 Å². The van der Waals surface area contributed by atoms with Crippen LogP contribution in [-0.4, -0.2) is 21.6 Å². The number of piperidine rings is 1. The molecular weight excluding hydrogens is 334 g/mol. The van der Waals surface area contributed by atoms with Gasteiger partial charge in [0.25, 0.3) is 0 Å². The summed E-state index contributed by atoms with van der Waals surface area (Å²) in [7, 11) is 1.82. The van der Waals surface area contributed by atoms with E-state index in [4.69, 9.17) is 0 Å². The van der Waals surface area contributed by atoms with Crippen LogP contribution in [0.15, 0.2) is 41.1 Å². The average Bonchev–Trinajstić information content (AvgIpc) is 2.86. The van der Waals surface area contributed by atoms with Crippen molar-refractivity contribution in [3.8, 4) is 0 Å². The predicted octanol–water partition coefficient (Wildman–Crippen LogP) is 2.10. The molecule has 1 aliphatic heterocycles. The number of benzene rings is 1. The number of nitrogens with zero attached hydrogens (tertiary/aromatic N) is 2. The van der Waals surface area contributed by atoms with Gasteiger partial charge in [-0.05, 0) is 23.3 Å². The van der Waals surface area contributed by atoms with Crippen LogP contribution < -0.4 is 5.32 Å². The molecule has 2 amide bonds. The molecule has 1 aliphatic rings. The Kier molecular flexibility index (Phi) is 3.63. The summed E-state index contributed by atoms with van der Waals surface area (Å²) in [4.78, 5) is 24.0. The molecule has 1 N–H and O–H groups in total. The second kappa shape index (κ2) is 5.44. The summed E-state index contributed by atoms with van der Waals surface area (Å²) in [6.07, 6.45) is 3.88. The Morgan fingerprint density at radius 1 is 1.24 bits per heavy atom. The first-order valence-electron chi connectivity index (χ1n) is 6.62. The van der Waals surface area contributed by atoms with E-state index in [1.54, 1.807) is 10.9 Å². The maximum absolute atomic E-state index is 12.3. The van der Waals surface area contributed by atoms with E-state index in [0.29, 0.717) is 0 Å². The van der Waals surface area contributed by atoms with E-state index in [0.717, 1.165) is 15.6 Å². The van der Waals surface area contributed by atoms with Crippen molar-refractivity contribution in [1.82, 2.24) is 15.1 Å². The Bertz CT molecular complexity index is 693. The standard InChI is InChI=1S/C15H14BrN3O2/c1-19-8-10(7-17-19)12-6-13(20)18-15(21)14(12)9-2-4-11(16)5-3-9/h2-5,7-8,12,14H,6H2,1H3,(H,18,20,21). The van der Waals surface area contributed by atoms with Crippen molar-refractivity contribution in [2.45, 2.75) is 18.3 Å². The molecule has 0 bridgehead atoms. The fourth-order valence-corrected chi connectivity index (χ4v) is 3.03. The number of halogens is 1. The quantitative estimate of drug-likeness (QED) is 0.846. The van der Waals surface area contributed by atoms with E-state index in [1.165, 1.54) is 0 Å². The highest BCUT2D eigenvalue weighted by Crippen LogP contribution is 2.38. The Balaban J connectivity index is 2.02. The zero-order valence-corrected chi connectivity index (χ0v) is 13.0. The van der Waals surface area contributed by atoms with Crippen molar-refractivity contribution in [1.29, 1.82) is 0 Å². The van der Waals surface area contributed by atoms with Crippen LogP contribution in [-0.2, 0) is 16.6 Å². The van der Waals surface area contributed by atoms with Crippen molar-refractivity contribution < 1.29 is 9.59 Å². The maximum Gasteiger partial charge on any atom is 0.234 e. The summed E-state index contributed by atoms with van der Waals surface area (Å²) >= 11 is 3.39. The minimum Gasteiger partial charge on any atom is -0.296 e. The summed E-state index contributed by atoms with van der Waals surface area (Å²) in [6.45, 7) is 0. The summed E-state index contributed by atoms with van der Waals surface area (Å²) in [5.41, 5.74) is 1.81. The van der Waals surface area contributed by atoms with Crippen molar-refractivity contribution in [3.63, 3.8) is 0 Å². The lowest BCUT2D eigenvalue weighted by molar-refractivity contribution is -0.135. The number of imide groups is 1. The predicted molar refractivity (Wildman–Crippen MR) is 80.6 cm³/mol. The van der Waals surface area contributed by atoms with E-state index < -0.39 is 0 Å². The Hall–Kier alpha value is -1.95. The van der Waals surface area contributed by atoms with Crippen LogP contribution in [0.4, 0.5) is 0 Å². The molecule has 0 aliphatic carbocycles. The van der Waals surface area contributed by atoms with Gasteiger partial charge in [0.15, 0.2) is 0 Å². The van der Waals surface area contributed by atoms with Gasteiger partial charge in [-0.1, -0.05) is 28.1 Å². The fourth-order valence-electron chi connectivity index (χ4n) is 2.76. The van der Waals surface area contributed by atoms with E-state index >= 15 is 0 Å². The zero-order valence-electron chi connectivity index (χ0n) is 11.4. The third-order valence-electron chi connectivity index (χ3n) is 3.73. The minimum atomic E-state index is -0.375. The number of carbonyl (C=O) groups excluding carboxylic acids is 2. The van der Waals surface area contributed by atoms with Crippen LogP contribution in [0.2, 0.25) is 0 Å². The van der Waals surface area contributed by atoms with E-state index in [-0.39, 0.29) is 30.1 Å². The molecule has 0 saturated carbocycles. The second-order valence-corrected chi connectivity index (χ2v) is 6.12. The van der Waals surface area contributed by atoms with Crippen LogP contribution >= 0.6 is 15.9 Å². The Morgan fingerprint density at radius 3 is 2.57 bits per heavy atom.